The minimum atomic E-state index is -0.413. The first-order valence-corrected chi connectivity index (χ1v) is 5.32. The van der Waals surface area contributed by atoms with Crippen LogP contribution in [0.3, 0.4) is 0 Å². The lowest BCUT2D eigenvalue weighted by Gasteiger charge is -2.10. The van der Waals surface area contributed by atoms with Gasteiger partial charge in [0.15, 0.2) is 10.3 Å². The maximum atomic E-state index is 11.2. The molecule has 0 aliphatic heterocycles. The first-order chi connectivity index (χ1) is 7.08. The fourth-order valence-corrected chi connectivity index (χ4v) is 1.93. The second kappa shape index (κ2) is 4.96. The van der Waals surface area contributed by atoms with Crippen molar-refractivity contribution in [3.8, 4) is 6.07 Å². The summed E-state index contributed by atoms with van der Waals surface area (Å²) in [5.74, 6) is -0.153. The summed E-state index contributed by atoms with van der Waals surface area (Å²) in [5, 5.41) is 14.6. The van der Waals surface area contributed by atoms with Crippen molar-refractivity contribution in [3.63, 3.8) is 0 Å². The standard InChI is InChI=1S/C8H9ClN4OS/c1-4(7(14)11-2)12-8-13-6(9)5(3-10)15-8/h4H,1-2H3,(H,11,14)(H,12,13). The minimum absolute atomic E-state index is 0.153. The molecule has 0 aromatic carbocycles. The van der Waals surface area contributed by atoms with Gasteiger partial charge >= 0.3 is 0 Å². The zero-order chi connectivity index (χ0) is 11.4. The van der Waals surface area contributed by atoms with Crippen molar-refractivity contribution in [3.05, 3.63) is 10.0 Å². The number of aromatic nitrogens is 1. The van der Waals surface area contributed by atoms with E-state index in [1.165, 1.54) is 0 Å². The van der Waals surface area contributed by atoms with Crippen molar-refractivity contribution in [2.24, 2.45) is 0 Å². The number of hydrogen-bond acceptors (Lipinski definition) is 5. The summed E-state index contributed by atoms with van der Waals surface area (Å²) in [6, 6.07) is 1.50. The third-order valence-electron chi connectivity index (χ3n) is 1.67. The highest BCUT2D eigenvalue weighted by Crippen LogP contribution is 2.26. The Morgan fingerprint density at radius 2 is 2.40 bits per heavy atom. The zero-order valence-corrected chi connectivity index (χ0v) is 9.74. The molecule has 7 heteroatoms. The van der Waals surface area contributed by atoms with Crippen molar-refractivity contribution in [1.29, 1.82) is 5.26 Å². The van der Waals surface area contributed by atoms with E-state index in [0.29, 0.717) is 10.0 Å². The molecule has 15 heavy (non-hydrogen) atoms. The second-order valence-corrected chi connectivity index (χ2v) is 4.09. The summed E-state index contributed by atoms with van der Waals surface area (Å²) in [7, 11) is 1.55. The number of amides is 1. The van der Waals surface area contributed by atoms with E-state index in [2.05, 4.69) is 15.6 Å². The van der Waals surface area contributed by atoms with Crippen LogP contribution in [0, 0.1) is 11.3 Å². The molecule has 0 radical (unpaired) electrons. The van der Waals surface area contributed by atoms with Gasteiger partial charge in [0, 0.05) is 7.05 Å². The van der Waals surface area contributed by atoms with Gasteiger partial charge in [-0.15, -0.1) is 0 Å². The SMILES string of the molecule is CNC(=O)C(C)Nc1nc(Cl)c(C#N)s1. The zero-order valence-electron chi connectivity index (χ0n) is 8.17. The van der Waals surface area contributed by atoms with Gasteiger partial charge in [0.05, 0.1) is 0 Å². The number of thiazole rings is 1. The Labute approximate surface area is 96.1 Å². The number of rotatable bonds is 3. The molecule has 0 spiro atoms. The smallest absolute Gasteiger partial charge is 0.242 e. The Hall–Kier alpha value is -1.32. The predicted octanol–water partition coefficient (Wildman–Crippen LogP) is 1.21. The van der Waals surface area contributed by atoms with E-state index in [0.717, 1.165) is 11.3 Å². The van der Waals surface area contributed by atoms with Gasteiger partial charge in [-0.05, 0) is 6.92 Å². The lowest BCUT2D eigenvalue weighted by Crippen LogP contribution is -2.35. The molecule has 0 saturated heterocycles. The normalized spacial score (nSPS) is 11.6. The summed E-state index contributed by atoms with van der Waals surface area (Å²) in [6.07, 6.45) is 0. The molecule has 1 heterocycles. The maximum absolute atomic E-state index is 11.2. The number of nitriles is 1. The van der Waals surface area contributed by atoms with Crippen LogP contribution in [-0.2, 0) is 4.79 Å². The molecule has 0 fully saturated rings. The number of nitrogens with zero attached hydrogens (tertiary/aromatic N) is 2. The number of halogens is 1. The molecule has 0 saturated carbocycles. The van der Waals surface area contributed by atoms with Crippen LogP contribution in [0.2, 0.25) is 5.15 Å². The lowest BCUT2D eigenvalue weighted by molar-refractivity contribution is -0.121. The van der Waals surface area contributed by atoms with Gasteiger partial charge in [0.2, 0.25) is 5.91 Å². The topological polar surface area (TPSA) is 77.8 Å². The summed E-state index contributed by atoms with van der Waals surface area (Å²) in [4.78, 5) is 15.4. The largest absolute Gasteiger partial charge is 0.357 e. The van der Waals surface area contributed by atoms with Crippen LogP contribution in [0.5, 0.6) is 0 Å². The lowest BCUT2D eigenvalue weighted by atomic mass is 10.3. The number of carbonyl (C=O) groups excluding carboxylic acids is 1. The number of likely N-dealkylation sites (N-methyl/N-ethyl adjacent to an activating group) is 1. The van der Waals surface area contributed by atoms with Crippen molar-refractivity contribution in [1.82, 2.24) is 10.3 Å². The quantitative estimate of drug-likeness (QED) is 0.838. The fourth-order valence-electron chi connectivity index (χ4n) is 0.899. The van der Waals surface area contributed by atoms with E-state index >= 15 is 0 Å². The Bertz CT molecular complexity index is 411. The molecule has 0 bridgehead atoms. The van der Waals surface area contributed by atoms with E-state index in [-0.39, 0.29) is 11.1 Å². The molecule has 1 atom stereocenters. The minimum Gasteiger partial charge on any atom is -0.357 e. The number of carbonyl (C=O) groups is 1. The van der Waals surface area contributed by atoms with E-state index < -0.39 is 6.04 Å². The molecule has 1 amide bonds. The molecule has 1 aromatic heterocycles. The van der Waals surface area contributed by atoms with Gasteiger partial charge in [0.1, 0.15) is 17.0 Å². The third kappa shape index (κ3) is 2.81. The van der Waals surface area contributed by atoms with Crippen molar-refractivity contribution >= 4 is 34.0 Å². The van der Waals surface area contributed by atoms with Crippen molar-refractivity contribution < 1.29 is 4.79 Å². The van der Waals surface area contributed by atoms with Crippen LogP contribution in [0.1, 0.15) is 11.8 Å². The number of hydrogen-bond donors (Lipinski definition) is 2. The van der Waals surface area contributed by atoms with Gasteiger partial charge in [-0.1, -0.05) is 22.9 Å². The third-order valence-corrected chi connectivity index (χ3v) is 2.94. The molecule has 80 valence electrons. The van der Waals surface area contributed by atoms with Gasteiger partial charge in [-0.3, -0.25) is 4.79 Å². The van der Waals surface area contributed by atoms with Crippen LogP contribution in [0.15, 0.2) is 0 Å². The molecule has 2 N–H and O–H groups in total. The van der Waals surface area contributed by atoms with E-state index in [9.17, 15) is 4.79 Å². The number of nitrogens with one attached hydrogen (secondary N) is 2. The molecule has 5 nitrogen and oxygen atoms in total. The van der Waals surface area contributed by atoms with Crippen LogP contribution in [0.4, 0.5) is 5.13 Å². The molecule has 0 aliphatic carbocycles. The van der Waals surface area contributed by atoms with E-state index in [1.54, 1.807) is 14.0 Å². The molecule has 1 aromatic rings. The average Bonchev–Trinajstić information content (AvgIpc) is 2.57. The van der Waals surface area contributed by atoms with Gasteiger partial charge in [-0.25, -0.2) is 4.98 Å². The van der Waals surface area contributed by atoms with Crippen LogP contribution >= 0.6 is 22.9 Å². The first kappa shape index (κ1) is 11.8. The Morgan fingerprint density at radius 3 is 2.87 bits per heavy atom. The van der Waals surface area contributed by atoms with Crippen LogP contribution in [0.25, 0.3) is 0 Å². The molecule has 1 unspecified atom stereocenters. The van der Waals surface area contributed by atoms with Crippen molar-refractivity contribution in [2.45, 2.75) is 13.0 Å². The van der Waals surface area contributed by atoms with Crippen LogP contribution in [-0.4, -0.2) is 24.0 Å². The predicted molar refractivity (Wildman–Crippen MR) is 59.0 cm³/mol. The maximum Gasteiger partial charge on any atom is 0.242 e. The molecule has 1 rings (SSSR count). The average molecular weight is 245 g/mol. The Morgan fingerprint density at radius 1 is 1.73 bits per heavy atom. The second-order valence-electron chi connectivity index (χ2n) is 2.73. The molecular formula is C8H9ClN4OS. The summed E-state index contributed by atoms with van der Waals surface area (Å²) < 4.78 is 0. The van der Waals surface area contributed by atoms with Gasteiger partial charge in [0.25, 0.3) is 0 Å². The highest BCUT2D eigenvalue weighted by molar-refractivity contribution is 7.16. The van der Waals surface area contributed by atoms with E-state index in [1.807, 2.05) is 6.07 Å². The van der Waals surface area contributed by atoms with Crippen LogP contribution < -0.4 is 10.6 Å². The highest BCUT2D eigenvalue weighted by Gasteiger charge is 2.14. The van der Waals surface area contributed by atoms with Gasteiger partial charge < -0.3 is 10.6 Å². The number of anilines is 1. The summed E-state index contributed by atoms with van der Waals surface area (Å²) in [6.45, 7) is 1.69. The van der Waals surface area contributed by atoms with E-state index in [4.69, 9.17) is 16.9 Å². The Balaban J connectivity index is 2.74. The monoisotopic (exact) mass is 244 g/mol. The highest BCUT2D eigenvalue weighted by atomic mass is 35.5. The summed E-state index contributed by atoms with van der Waals surface area (Å²) >= 11 is 6.80. The fraction of sp³-hybridized carbons (Fsp3) is 0.375. The first-order valence-electron chi connectivity index (χ1n) is 4.13. The van der Waals surface area contributed by atoms with Crippen molar-refractivity contribution in [2.75, 3.05) is 12.4 Å². The summed E-state index contributed by atoms with van der Waals surface area (Å²) in [5.41, 5.74) is 0. The van der Waals surface area contributed by atoms with Gasteiger partial charge in [-0.2, -0.15) is 5.26 Å². The molecular weight excluding hydrogens is 236 g/mol. The molecule has 0 aliphatic rings. The Kier molecular flexibility index (Phi) is 3.88.